The van der Waals surface area contributed by atoms with Crippen molar-refractivity contribution in [1.82, 2.24) is 5.32 Å². The summed E-state index contributed by atoms with van der Waals surface area (Å²) in [6.07, 6.45) is 5.12. The number of carbonyl (C=O) groups is 1. The predicted octanol–water partition coefficient (Wildman–Crippen LogP) is 1.08. The SMILES string of the molecule is COCCC1(C(=O)NCCN)CCCC1.Cl. The number of carbonyl (C=O) groups excluding carboxylic acids is 1. The highest BCUT2D eigenvalue weighted by molar-refractivity contribution is 5.85. The largest absolute Gasteiger partial charge is 0.385 e. The van der Waals surface area contributed by atoms with E-state index in [-0.39, 0.29) is 23.7 Å². The van der Waals surface area contributed by atoms with Crippen molar-refractivity contribution >= 4 is 18.3 Å². The number of rotatable bonds is 6. The number of ether oxygens (including phenoxy) is 1. The van der Waals surface area contributed by atoms with E-state index in [9.17, 15) is 4.79 Å². The van der Waals surface area contributed by atoms with Crippen LogP contribution >= 0.6 is 12.4 Å². The van der Waals surface area contributed by atoms with Crippen LogP contribution < -0.4 is 11.1 Å². The molecule has 1 saturated carbocycles. The standard InChI is InChI=1S/C11H22N2O2.ClH/c1-15-9-6-11(4-2-3-5-11)10(14)13-8-7-12;/h2-9,12H2,1H3,(H,13,14);1H. The van der Waals surface area contributed by atoms with E-state index in [1.54, 1.807) is 7.11 Å². The van der Waals surface area contributed by atoms with E-state index in [0.717, 1.165) is 32.1 Å². The van der Waals surface area contributed by atoms with Gasteiger partial charge >= 0.3 is 0 Å². The van der Waals surface area contributed by atoms with Crippen LogP contribution in [0, 0.1) is 5.41 Å². The third kappa shape index (κ3) is 3.92. The van der Waals surface area contributed by atoms with Gasteiger partial charge in [-0.05, 0) is 19.3 Å². The van der Waals surface area contributed by atoms with Crippen LogP contribution in [-0.4, -0.2) is 32.7 Å². The molecule has 1 aliphatic rings. The molecular weight excluding hydrogens is 228 g/mol. The molecule has 4 nitrogen and oxygen atoms in total. The lowest BCUT2D eigenvalue weighted by atomic mass is 9.82. The average Bonchev–Trinajstić information content (AvgIpc) is 2.73. The Morgan fingerprint density at radius 3 is 2.56 bits per heavy atom. The van der Waals surface area contributed by atoms with Crippen molar-refractivity contribution in [3.63, 3.8) is 0 Å². The first kappa shape index (κ1) is 15.7. The first-order valence-electron chi connectivity index (χ1n) is 5.72. The first-order chi connectivity index (χ1) is 7.25. The number of nitrogens with two attached hydrogens (primary N) is 1. The van der Waals surface area contributed by atoms with Gasteiger partial charge < -0.3 is 15.8 Å². The van der Waals surface area contributed by atoms with Gasteiger partial charge in [-0.2, -0.15) is 0 Å². The minimum Gasteiger partial charge on any atom is -0.385 e. The van der Waals surface area contributed by atoms with Crippen molar-refractivity contribution in [2.75, 3.05) is 26.8 Å². The second-order valence-electron chi connectivity index (χ2n) is 4.27. The molecule has 0 saturated heterocycles. The Labute approximate surface area is 104 Å². The number of hydrogen-bond donors (Lipinski definition) is 2. The molecule has 0 radical (unpaired) electrons. The number of nitrogens with one attached hydrogen (secondary N) is 1. The maximum absolute atomic E-state index is 12.0. The van der Waals surface area contributed by atoms with Gasteiger partial charge in [-0.3, -0.25) is 4.79 Å². The van der Waals surface area contributed by atoms with Gasteiger partial charge in [0.1, 0.15) is 0 Å². The van der Waals surface area contributed by atoms with Crippen LogP contribution in [0.15, 0.2) is 0 Å². The maximum Gasteiger partial charge on any atom is 0.226 e. The Kier molecular flexibility index (Phi) is 7.72. The van der Waals surface area contributed by atoms with Crippen LogP contribution in [0.1, 0.15) is 32.1 Å². The van der Waals surface area contributed by atoms with Gasteiger partial charge in [-0.25, -0.2) is 0 Å². The lowest BCUT2D eigenvalue weighted by Crippen LogP contribution is -2.41. The minimum absolute atomic E-state index is 0. The fourth-order valence-corrected chi connectivity index (χ4v) is 2.31. The number of hydrogen-bond acceptors (Lipinski definition) is 3. The molecule has 0 spiro atoms. The van der Waals surface area contributed by atoms with Crippen LogP contribution in [0.4, 0.5) is 0 Å². The molecule has 0 aromatic carbocycles. The van der Waals surface area contributed by atoms with Gasteiger partial charge in [0.15, 0.2) is 0 Å². The second kappa shape index (κ2) is 7.87. The molecule has 0 unspecified atom stereocenters. The highest BCUT2D eigenvalue weighted by Gasteiger charge is 2.40. The molecule has 5 heteroatoms. The highest BCUT2D eigenvalue weighted by atomic mass is 35.5. The number of methoxy groups -OCH3 is 1. The normalized spacial score (nSPS) is 17.9. The predicted molar refractivity (Wildman–Crippen MR) is 66.7 cm³/mol. The minimum atomic E-state index is -0.175. The molecule has 3 N–H and O–H groups in total. The molecule has 1 amide bonds. The van der Waals surface area contributed by atoms with E-state index < -0.39 is 0 Å². The molecular formula is C11H23ClN2O2. The Morgan fingerprint density at radius 1 is 1.44 bits per heavy atom. The van der Waals surface area contributed by atoms with E-state index >= 15 is 0 Å². The zero-order valence-electron chi connectivity index (χ0n) is 9.96. The third-order valence-electron chi connectivity index (χ3n) is 3.26. The monoisotopic (exact) mass is 250 g/mol. The molecule has 0 atom stereocenters. The quantitative estimate of drug-likeness (QED) is 0.742. The summed E-state index contributed by atoms with van der Waals surface area (Å²) < 4.78 is 5.08. The number of halogens is 1. The summed E-state index contributed by atoms with van der Waals surface area (Å²) >= 11 is 0. The van der Waals surface area contributed by atoms with Gasteiger partial charge in [0.2, 0.25) is 5.91 Å². The summed E-state index contributed by atoms with van der Waals surface area (Å²) in [6.45, 7) is 1.75. The Bertz CT molecular complexity index is 206. The van der Waals surface area contributed by atoms with Gasteiger partial charge in [0.25, 0.3) is 0 Å². The van der Waals surface area contributed by atoms with Crippen molar-refractivity contribution in [2.24, 2.45) is 11.1 Å². The molecule has 16 heavy (non-hydrogen) atoms. The Morgan fingerprint density at radius 2 is 2.06 bits per heavy atom. The highest BCUT2D eigenvalue weighted by Crippen LogP contribution is 2.41. The first-order valence-corrected chi connectivity index (χ1v) is 5.72. The molecule has 0 aliphatic heterocycles. The zero-order valence-corrected chi connectivity index (χ0v) is 10.8. The molecule has 96 valence electrons. The van der Waals surface area contributed by atoms with Crippen molar-refractivity contribution < 1.29 is 9.53 Å². The van der Waals surface area contributed by atoms with Crippen LogP contribution in [0.25, 0.3) is 0 Å². The fourth-order valence-electron chi connectivity index (χ4n) is 2.31. The smallest absolute Gasteiger partial charge is 0.226 e. The van der Waals surface area contributed by atoms with Gasteiger partial charge in [0.05, 0.1) is 5.41 Å². The third-order valence-corrected chi connectivity index (χ3v) is 3.26. The van der Waals surface area contributed by atoms with E-state index in [0.29, 0.717) is 19.7 Å². The van der Waals surface area contributed by atoms with E-state index in [2.05, 4.69) is 5.32 Å². The Balaban J connectivity index is 0.00000225. The van der Waals surface area contributed by atoms with E-state index in [4.69, 9.17) is 10.5 Å². The van der Waals surface area contributed by atoms with Crippen molar-refractivity contribution in [3.8, 4) is 0 Å². The molecule has 0 heterocycles. The van der Waals surface area contributed by atoms with E-state index in [1.165, 1.54) is 0 Å². The molecule has 1 aliphatic carbocycles. The summed E-state index contributed by atoms with van der Waals surface area (Å²) in [5.74, 6) is 0.169. The van der Waals surface area contributed by atoms with Crippen molar-refractivity contribution in [1.29, 1.82) is 0 Å². The second-order valence-corrected chi connectivity index (χ2v) is 4.27. The van der Waals surface area contributed by atoms with Crippen molar-refractivity contribution in [3.05, 3.63) is 0 Å². The van der Waals surface area contributed by atoms with Crippen LogP contribution in [0.3, 0.4) is 0 Å². The summed E-state index contributed by atoms with van der Waals surface area (Å²) in [4.78, 5) is 12.0. The lowest BCUT2D eigenvalue weighted by Gasteiger charge is -2.27. The van der Waals surface area contributed by atoms with Crippen molar-refractivity contribution in [2.45, 2.75) is 32.1 Å². The van der Waals surface area contributed by atoms with Gasteiger partial charge in [-0.1, -0.05) is 12.8 Å². The van der Waals surface area contributed by atoms with Gasteiger partial charge in [-0.15, -0.1) is 12.4 Å². The molecule has 0 aromatic rings. The van der Waals surface area contributed by atoms with Crippen LogP contribution in [-0.2, 0) is 9.53 Å². The number of amides is 1. The fraction of sp³-hybridized carbons (Fsp3) is 0.909. The summed E-state index contributed by atoms with van der Waals surface area (Å²) in [5, 5.41) is 2.90. The Hall–Kier alpha value is -0.320. The van der Waals surface area contributed by atoms with Gasteiger partial charge in [0, 0.05) is 26.8 Å². The summed E-state index contributed by atoms with van der Waals surface area (Å²) in [6, 6.07) is 0. The summed E-state index contributed by atoms with van der Waals surface area (Å²) in [5.41, 5.74) is 5.20. The average molecular weight is 251 g/mol. The van der Waals surface area contributed by atoms with Crippen LogP contribution in [0.2, 0.25) is 0 Å². The maximum atomic E-state index is 12.0. The molecule has 1 fully saturated rings. The molecule has 1 rings (SSSR count). The lowest BCUT2D eigenvalue weighted by molar-refractivity contribution is -0.131. The van der Waals surface area contributed by atoms with E-state index in [1.807, 2.05) is 0 Å². The topological polar surface area (TPSA) is 64.3 Å². The molecule has 0 bridgehead atoms. The molecule has 0 aromatic heterocycles. The summed E-state index contributed by atoms with van der Waals surface area (Å²) in [7, 11) is 1.68. The van der Waals surface area contributed by atoms with Crippen LogP contribution in [0.5, 0.6) is 0 Å². The zero-order chi connectivity index (χ0) is 11.1.